The van der Waals surface area contributed by atoms with Crippen LogP contribution in [-0.4, -0.2) is 28.6 Å². The highest BCUT2D eigenvalue weighted by atomic mass is 32.2. The first-order valence-corrected chi connectivity index (χ1v) is 7.01. The lowest BCUT2D eigenvalue weighted by Crippen LogP contribution is -2.40. The SMILES string of the molecule is CSC1(CNc2ccccc2C(=O)O)CCC1. The molecule has 0 unspecified atom stereocenters. The van der Waals surface area contributed by atoms with E-state index in [9.17, 15) is 4.79 Å². The molecule has 1 aromatic carbocycles. The van der Waals surface area contributed by atoms with E-state index in [1.807, 2.05) is 23.9 Å². The summed E-state index contributed by atoms with van der Waals surface area (Å²) >= 11 is 1.88. The molecule has 1 aliphatic carbocycles. The van der Waals surface area contributed by atoms with Crippen LogP contribution in [0.2, 0.25) is 0 Å². The fraction of sp³-hybridized carbons (Fsp3) is 0.462. The molecule has 1 saturated carbocycles. The molecule has 3 nitrogen and oxygen atoms in total. The summed E-state index contributed by atoms with van der Waals surface area (Å²) in [6.07, 6.45) is 5.85. The third-order valence-electron chi connectivity index (χ3n) is 3.46. The number of anilines is 1. The number of carbonyl (C=O) groups is 1. The van der Waals surface area contributed by atoms with Gasteiger partial charge in [0.1, 0.15) is 0 Å². The second-order valence-electron chi connectivity index (χ2n) is 4.44. The Hall–Kier alpha value is -1.16. The maximum absolute atomic E-state index is 11.1. The lowest BCUT2D eigenvalue weighted by Gasteiger charge is -2.40. The molecule has 0 aromatic heterocycles. The van der Waals surface area contributed by atoms with E-state index < -0.39 is 5.97 Å². The lowest BCUT2D eigenvalue weighted by atomic mass is 9.84. The molecular formula is C13H17NO2S. The minimum absolute atomic E-state index is 0.311. The van der Waals surface area contributed by atoms with Crippen molar-refractivity contribution in [1.29, 1.82) is 0 Å². The predicted molar refractivity (Wildman–Crippen MR) is 72.0 cm³/mol. The second-order valence-corrected chi connectivity index (χ2v) is 5.72. The molecule has 2 N–H and O–H groups in total. The number of thioether (sulfide) groups is 1. The fourth-order valence-electron chi connectivity index (χ4n) is 2.10. The highest BCUT2D eigenvalue weighted by Crippen LogP contribution is 2.42. The summed E-state index contributed by atoms with van der Waals surface area (Å²) < 4.78 is 0.311. The van der Waals surface area contributed by atoms with Gasteiger partial charge in [0.15, 0.2) is 0 Å². The van der Waals surface area contributed by atoms with Gasteiger partial charge in [-0.2, -0.15) is 11.8 Å². The van der Waals surface area contributed by atoms with Gasteiger partial charge in [-0.15, -0.1) is 0 Å². The maximum atomic E-state index is 11.1. The molecule has 0 heterocycles. The number of benzene rings is 1. The van der Waals surface area contributed by atoms with E-state index in [1.165, 1.54) is 19.3 Å². The van der Waals surface area contributed by atoms with Gasteiger partial charge in [-0.25, -0.2) is 4.79 Å². The molecule has 0 spiro atoms. The molecular weight excluding hydrogens is 234 g/mol. The van der Waals surface area contributed by atoms with E-state index >= 15 is 0 Å². The zero-order chi connectivity index (χ0) is 12.3. The Kier molecular flexibility index (Phi) is 3.62. The number of hydrogen-bond acceptors (Lipinski definition) is 3. The molecule has 1 aromatic rings. The van der Waals surface area contributed by atoms with Crippen LogP contribution in [0.3, 0.4) is 0 Å². The Labute approximate surface area is 106 Å². The Morgan fingerprint density at radius 2 is 2.18 bits per heavy atom. The van der Waals surface area contributed by atoms with E-state index in [2.05, 4.69) is 11.6 Å². The smallest absolute Gasteiger partial charge is 0.337 e. The Morgan fingerprint density at radius 1 is 1.47 bits per heavy atom. The topological polar surface area (TPSA) is 49.3 Å². The van der Waals surface area contributed by atoms with E-state index in [0.29, 0.717) is 10.3 Å². The molecule has 0 amide bonds. The van der Waals surface area contributed by atoms with Crippen molar-refractivity contribution in [3.8, 4) is 0 Å². The molecule has 92 valence electrons. The number of nitrogens with one attached hydrogen (secondary N) is 1. The number of hydrogen-bond donors (Lipinski definition) is 2. The van der Waals surface area contributed by atoms with Crippen LogP contribution in [0.25, 0.3) is 0 Å². The zero-order valence-electron chi connectivity index (χ0n) is 9.90. The van der Waals surface area contributed by atoms with Crippen LogP contribution >= 0.6 is 11.8 Å². The van der Waals surface area contributed by atoms with Crippen LogP contribution < -0.4 is 5.32 Å². The van der Waals surface area contributed by atoms with Crippen molar-refractivity contribution >= 4 is 23.4 Å². The lowest BCUT2D eigenvalue weighted by molar-refractivity contribution is 0.0698. The Balaban J connectivity index is 2.06. The highest BCUT2D eigenvalue weighted by molar-refractivity contribution is 8.00. The van der Waals surface area contributed by atoms with Gasteiger partial charge in [-0.1, -0.05) is 18.6 Å². The number of para-hydroxylation sites is 1. The molecule has 0 aliphatic heterocycles. The molecule has 0 saturated heterocycles. The molecule has 1 aliphatic rings. The van der Waals surface area contributed by atoms with Crippen molar-refractivity contribution in [2.45, 2.75) is 24.0 Å². The molecule has 0 bridgehead atoms. The number of carboxylic acids is 1. The summed E-state index contributed by atoms with van der Waals surface area (Å²) in [6.45, 7) is 0.846. The summed E-state index contributed by atoms with van der Waals surface area (Å²) in [5.74, 6) is -0.875. The van der Waals surface area contributed by atoms with Crippen molar-refractivity contribution < 1.29 is 9.90 Å². The summed E-state index contributed by atoms with van der Waals surface area (Å²) in [5.41, 5.74) is 1.07. The highest BCUT2D eigenvalue weighted by Gasteiger charge is 2.35. The summed E-state index contributed by atoms with van der Waals surface area (Å²) in [4.78, 5) is 11.1. The van der Waals surface area contributed by atoms with Gasteiger partial charge < -0.3 is 10.4 Å². The van der Waals surface area contributed by atoms with E-state index in [-0.39, 0.29) is 0 Å². The van der Waals surface area contributed by atoms with Gasteiger partial charge >= 0.3 is 5.97 Å². The predicted octanol–water partition coefficient (Wildman–Crippen LogP) is 3.08. The zero-order valence-corrected chi connectivity index (χ0v) is 10.7. The molecule has 4 heteroatoms. The minimum Gasteiger partial charge on any atom is -0.478 e. The molecule has 17 heavy (non-hydrogen) atoms. The van der Waals surface area contributed by atoms with Gasteiger partial charge in [0.05, 0.1) is 5.56 Å². The van der Waals surface area contributed by atoms with Crippen LogP contribution in [0.5, 0.6) is 0 Å². The molecule has 2 rings (SSSR count). The number of carboxylic acid groups (broad SMARTS) is 1. The van der Waals surface area contributed by atoms with Crippen LogP contribution in [0, 0.1) is 0 Å². The standard InChI is InChI=1S/C13H17NO2S/c1-17-13(7-4-8-13)9-14-11-6-3-2-5-10(11)12(15)16/h2-3,5-6,14H,4,7-9H2,1H3,(H,15,16). The van der Waals surface area contributed by atoms with Crippen molar-refractivity contribution in [3.63, 3.8) is 0 Å². The molecule has 1 fully saturated rings. The van der Waals surface area contributed by atoms with Gasteiger partial charge in [-0.05, 0) is 31.2 Å². The van der Waals surface area contributed by atoms with Gasteiger partial charge in [0, 0.05) is 17.0 Å². The molecule has 0 atom stereocenters. The average Bonchev–Trinajstić information content (AvgIpc) is 2.28. The maximum Gasteiger partial charge on any atom is 0.337 e. The monoisotopic (exact) mass is 251 g/mol. The van der Waals surface area contributed by atoms with Gasteiger partial charge in [-0.3, -0.25) is 0 Å². The number of aromatic carboxylic acids is 1. The largest absolute Gasteiger partial charge is 0.478 e. The van der Waals surface area contributed by atoms with Crippen LogP contribution in [0.1, 0.15) is 29.6 Å². The van der Waals surface area contributed by atoms with Crippen LogP contribution in [0.4, 0.5) is 5.69 Å². The van der Waals surface area contributed by atoms with Gasteiger partial charge in [0.25, 0.3) is 0 Å². The van der Waals surface area contributed by atoms with E-state index in [1.54, 1.807) is 12.1 Å². The molecule has 0 radical (unpaired) electrons. The third kappa shape index (κ3) is 2.57. The first-order valence-electron chi connectivity index (χ1n) is 5.78. The van der Waals surface area contributed by atoms with Crippen LogP contribution in [0.15, 0.2) is 24.3 Å². The normalized spacial score (nSPS) is 17.2. The quantitative estimate of drug-likeness (QED) is 0.844. The number of rotatable bonds is 5. The van der Waals surface area contributed by atoms with Crippen molar-refractivity contribution in [2.75, 3.05) is 18.1 Å². The fourth-order valence-corrected chi connectivity index (χ4v) is 3.02. The summed E-state index contributed by atoms with van der Waals surface area (Å²) in [7, 11) is 0. The average molecular weight is 251 g/mol. The Bertz CT molecular complexity index is 410. The summed E-state index contributed by atoms with van der Waals surface area (Å²) in [5, 5.41) is 12.4. The van der Waals surface area contributed by atoms with Crippen molar-refractivity contribution in [3.05, 3.63) is 29.8 Å². The van der Waals surface area contributed by atoms with Crippen LogP contribution in [-0.2, 0) is 0 Å². The second kappa shape index (κ2) is 5.00. The van der Waals surface area contributed by atoms with Gasteiger partial charge in [0.2, 0.25) is 0 Å². The third-order valence-corrected chi connectivity index (χ3v) is 4.87. The summed E-state index contributed by atoms with van der Waals surface area (Å²) in [6, 6.07) is 7.08. The minimum atomic E-state index is -0.875. The first kappa shape index (κ1) is 12.3. The van der Waals surface area contributed by atoms with Crippen molar-refractivity contribution in [2.24, 2.45) is 0 Å². The first-order chi connectivity index (χ1) is 8.17. The Morgan fingerprint density at radius 3 is 2.71 bits per heavy atom. The van der Waals surface area contributed by atoms with E-state index in [4.69, 9.17) is 5.11 Å². The van der Waals surface area contributed by atoms with Crippen molar-refractivity contribution in [1.82, 2.24) is 0 Å². The van der Waals surface area contributed by atoms with E-state index in [0.717, 1.165) is 12.2 Å².